The topological polar surface area (TPSA) is 76.0 Å². The SMILES string of the molecule is COc1ccccc1CC(=O)N=C1S[C@@H]2CS(=O)(=O)C[C@H]2N1c1ccc(Cl)c(C(F)(F)F)c1. The van der Waals surface area contributed by atoms with Crippen molar-refractivity contribution in [2.24, 2.45) is 4.99 Å². The number of aliphatic imine (C=N–C) groups is 1. The first kappa shape index (κ1) is 23.9. The summed E-state index contributed by atoms with van der Waals surface area (Å²) in [5, 5.41) is -0.757. The first-order valence-corrected chi connectivity index (χ1v) is 12.8. The highest BCUT2D eigenvalue weighted by atomic mass is 35.5. The third-order valence-corrected chi connectivity index (χ3v) is 8.89. The predicted molar refractivity (Wildman–Crippen MR) is 122 cm³/mol. The van der Waals surface area contributed by atoms with Gasteiger partial charge in [0.25, 0.3) is 5.91 Å². The van der Waals surface area contributed by atoms with Crippen LogP contribution in [0, 0.1) is 0 Å². The summed E-state index contributed by atoms with van der Waals surface area (Å²) in [7, 11) is -1.89. The molecule has 2 aromatic rings. The highest BCUT2D eigenvalue weighted by molar-refractivity contribution is 8.16. The number of ether oxygens (including phenoxy) is 1. The van der Waals surface area contributed by atoms with Crippen LogP contribution < -0.4 is 9.64 Å². The van der Waals surface area contributed by atoms with Crippen molar-refractivity contribution in [3.05, 3.63) is 58.6 Å². The number of halogens is 4. The van der Waals surface area contributed by atoms with E-state index in [-0.39, 0.29) is 28.8 Å². The van der Waals surface area contributed by atoms with Crippen LogP contribution in [0.2, 0.25) is 5.02 Å². The molecule has 0 saturated carbocycles. The lowest BCUT2D eigenvalue weighted by molar-refractivity contribution is -0.137. The lowest BCUT2D eigenvalue weighted by Crippen LogP contribution is -2.38. The van der Waals surface area contributed by atoms with Gasteiger partial charge in [0.05, 0.1) is 41.7 Å². The average Bonchev–Trinajstić information content (AvgIpc) is 3.18. The molecule has 2 aliphatic heterocycles. The number of hydrogen-bond donors (Lipinski definition) is 0. The molecule has 2 fully saturated rings. The van der Waals surface area contributed by atoms with E-state index in [4.69, 9.17) is 16.3 Å². The zero-order valence-electron chi connectivity index (χ0n) is 17.2. The molecule has 0 unspecified atom stereocenters. The molecule has 1 amide bonds. The van der Waals surface area contributed by atoms with Gasteiger partial charge in [-0.3, -0.25) is 4.79 Å². The zero-order chi connectivity index (χ0) is 24.0. The number of fused-ring (bicyclic) bond motifs is 1. The number of anilines is 1. The molecule has 0 aromatic heterocycles. The maximum atomic E-state index is 13.4. The summed E-state index contributed by atoms with van der Waals surface area (Å²) < 4.78 is 69.9. The van der Waals surface area contributed by atoms with E-state index in [1.54, 1.807) is 24.3 Å². The van der Waals surface area contributed by atoms with E-state index in [0.29, 0.717) is 11.3 Å². The largest absolute Gasteiger partial charge is 0.496 e. The van der Waals surface area contributed by atoms with E-state index in [9.17, 15) is 26.4 Å². The van der Waals surface area contributed by atoms with Crippen molar-refractivity contribution >= 4 is 50.0 Å². The molecule has 12 heteroatoms. The highest BCUT2D eigenvalue weighted by Gasteiger charge is 2.49. The Morgan fingerprint density at radius 2 is 1.97 bits per heavy atom. The van der Waals surface area contributed by atoms with Gasteiger partial charge in [0, 0.05) is 16.5 Å². The van der Waals surface area contributed by atoms with E-state index >= 15 is 0 Å². The number of sulfone groups is 1. The second kappa shape index (κ2) is 8.84. The van der Waals surface area contributed by atoms with Crippen LogP contribution in [0.5, 0.6) is 5.75 Å². The standard InChI is InChI=1S/C21H18ClF3N2O4S2/c1-31-17-5-3-2-4-12(17)8-19(28)26-20-27(16-10-33(29,30)11-18(16)32-20)13-6-7-15(22)14(9-13)21(23,24)25/h2-7,9,16,18H,8,10-11H2,1H3/t16-,18-/m1/s1. The van der Waals surface area contributed by atoms with E-state index in [1.807, 2.05) is 0 Å². The molecule has 0 radical (unpaired) electrons. The van der Waals surface area contributed by atoms with Crippen LogP contribution >= 0.6 is 23.4 Å². The summed E-state index contributed by atoms with van der Waals surface area (Å²) in [4.78, 5) is 18.3. The summed E-state index contributed by atoms with van der Waals surface area (Å²) in [6.07, 6.45) is -4.78. The summed E-state index contributed by atoms with van der Waals surface area (Å²) in [6.45, 7) is 0. The Morgan fingerprint density at radius 1 is 1.24 bits per heavy atom. The number of carbonyl (C=O) groups excluding carboxylic acids is 1. The Hall–Kier alpha value is -2.24. The molecule has 0 spiro atoms. The van der Waals surface area contributed by atoms with Crippen molar-refractivity contribution in [3.8, 4) is 5.75 Å². The molecule has 2 heterocycles. The Balaban J connectivity index is 1.71. The lowest BCUT2D eigenvalue weighted by Gasteiger charge is -2.25. The van der Waals surface area contributed by atoms with Crippen LogP contribution in [0.1, 0.15) is 11.1 Å². The van der Waals surface area contributed by atoms with E-state index in [2.05, 4.69) is 4.99 Å². The number of thioether (sulfide) groups is 1. The number of rotatable bonds is 4. The number of hydrogen-bond acceptors (Lipinski definition) is 5. The van der Waals surface area contributed by atoms with Gasteiger partial charge in [-0.15, -0.1) is 0 Å². The molecule has 0 N–H and O–H groups in total. The molecular formula is C21H18ClF3N2O4S2. The number of para-hydroxylation sites is 1. The second-order valence-electron chi connectivity index (χ2n) is 7.61. The molecule has 176 valence electrons. The number of carbonyl (C=O) groups is 1. The molecule has 4 rings (SSSR count). The van der Waals surface area contributed by atoms with Crippen molar-refractivity contribution in [1.29, 1.82) is 0 Å². The third kappa shape index (κ3) is 4.99. The monoisotopic (exact) mass is 518 g/mol. The number of nitrogens with zero attached hydrogens (tertiary/aromatic N) is 2. The van der Waals surface area contributed by atoms with Gasteiger partial charge >= 0.3 is 6.18 Å². The molecule has 0 aliphatic carbocycles. The van der Waals surface area contributed by atoms with E-state index in [1.165, 1.54) is 18.1 Å². The van der Waals surface area contributed by atoms with Crippen molar-refractivity contribution < 1.29 is 31.1 Å². The summed E-state index contributed by atoms with van der Waals surface area (Å²) in [5.41, 5.74) is -0.360. The van der Waals surface area contributed by atoms with Gasteiger partial charge in [0.15, 0.2) is 15.0 Å². The molecule has 2 saturated heterocycles. The predicted octanol–water partition coefficient (Wildman–Crippen LogP) is 4.21. The fraction of sp³-hybridized carbons (Fsp3) is 0.333. The minimum atomic E-state index is -4.70. The molecular weight excluding hydrogens is 501 g/mol. The Kier molecular flexibility index (Phi) is 6.41. The van der Waals surface area contributed by atoms with Gasteiger partial charge in [-0.2, -0.15) is 18.2 Å². The lowest BCUT2D eigenvalue weighted by atomic mass is 10.1. The van der Waals surface area contributed by atoms with Crippen molar-refractivity contribution in [3.63, 3.8) is 0 Å². The molecule has 6 nitrogen and oxygen atoms in total. The molecule has 33 heavy (non-hydrogen) atoms. The number of amidine groups is 1. The fourth-order valence-corrected chi connectivity index (χ4v) is 8.06. The second-order valence-corrected chi connectivity index (χ2v) is 11.4. The molecule has 0 bridgehead atoms. The van der Waals surface area contributed by atoms with Gasteiger partial charge < -0.3 is 9.64 Å². The molecule has 2 atom stereocenters. The maximum Gasteiger partial charge on any atom is 0.417 e. The summed E-state index contributed by atoms with van der Waals surface area (Å²) in [6, 6.07) is 9.61. The van der Waals surface area contributed by atoms with Crippen LogP contribution in [0.4, 0.5) is 18.9 Å². The average molecular weight is 519 g/mol. The van der Waals surface area contributed by atoms with Crippen molar-refractivity contribution in [2.75, 3.05) is 23.5 Å². The minimum Gasteiger partial charge on any atom is -0.496 e. The van der Waals surface area contributed by atoms with Gasteiger partial charge in [-0.1, -0.05) is 41.6 Å². The van der Waals surface area contributed by atoms with E-state index < -0.39 is 43.8 Å². The van der Waals surface area contributed by atoms with Crippen LogP contribution in [-0.2, 0) is 27.2 Å². The quantitative estimate of drug-likeness (QED) is 0.603. The first-order valence-electron chi connectivity index (χ1n) is 9.75. The van der Waals surface area contributed by atoms with Gasteiger partial charge in [0.2, 0.25) is 0 Å². The van der Waals surface area contributed by atoms with E-state index in [0.717, 1.165) is 23.9 Å². The Bertz CT molecular complexity index is 1230. The van der Waals surface area contributed by atoms with Gasteiger partial charge in [0.1, 0.15) is 5.75 Å². The highest BCUT2D eigenvalue weighted by Crippen LogP contribution is 2.43. The smallest absolute Gasteiger partial charge is 0.417 e. The fourth-order valence-electron chi connectivity index (χ4n) is 3.90. The Labute approximate surface area is 197 Å². The van der Waals surface area contributed by atoms with Gasteiger partial charge in [-0.25, -0.2) is 8.42 Å². The van der Waals surface area contributed by atoms with Gasteiger partial charge in [-0.05, 0) is 24.3 Å². The maximum absolute atomic E-state index is 13.4. The van der Waals surface area contributed by atoms with Crippen LogP contribution in [0.25, 0.3) is 0 Å². The first-order chi connectivity index (χ1) is 15.5. The third-order valence-electron chi connectivity index (χ3n) is 5.35. The number of methoxy groups -OCH3 is 1. The Morgan fingerprint density at radius 3 is 2.67 bits per heavy atom. The number of alkyl halides is 3. The minimum absolute atomic E-state index is 0.0765. The summed E-state index contributed by atoms with van der Waals surface area (Å²) in [5.74, 6) is -0.399. The molecule has 2 aliphatic rings. The molecule has 2 aromatic carbocycles. The van der Waals surface area contributed by atoms with Crippen molar-refractivity contribution in [2.45, 2.75) is 23.9 Å². The van der Waals surface area contributed by atoms with Crippen LogP contribution in [-0.4, -0.2) is 49.4 Å². The summed E-state index contributed by atoms with van der Waals surface area (Å²) >= 11 is 6.83. The number of benzene rings is 2. The normalized spacial score (nSPS) is 23.1. The van der Waals surface area contributed by atoms with Crippen LogP contribution in [0.3, 0.4) is 0 Å². The zero-order valence-corrected chi connectivity index (χ0v) is 19.6. The van der Waals surface area contributed by atoms with Crippen molar-refractivity contribution in [1.82, 2.24) is 0 Å². The number of amides is 1. The van der Waals surface area contributed by atoms with Crippen LogP contribution in [0.15, 0.2) is 47.5 Å².